The van der Waals surface area contributed by atoms with Crippen LogP contribution in [0.5, 0.6) is 0 Å². The van der Waals surface area contributed by atoms with Crippen molar-refractivity contribution in [2.45, 2.75) is 12.8 Å². The van der Waals surface area contributed by atoms with E-state index < -0.39 is 18.1 Å². The Morgan fingerprint density at radius 1 is 1.16 bits per heavy atom. The predicted octanol–water partition coefficient (Wildman–Crippen LogP) is -0.567. The van der Waals surface area contributed by atoms with Crippen LogP contribution in [0.1, 0.15) is 5.56 Å². The van der Waals surface area contributed by atoms with Crippen molar-refractivity contribution in [1.29, 1.82) is 0 Å². The topological polar surface area (TPSA) is 89.5 Å². The third kappa shape index (κ3) is 5.45. The van der Waals surface area contributed by atoms with E-state index in [2.05, 4.69) is 15.6 Å². The van der Waals surface area contributed by atoms with Crippen molar-refractivity contribution < 1.29 is 19.1 Å². The Balaban J connectivity index is 2.31. The highest BCUT2D eigenvalue weighted by Gasteiger charge is 2.14. The average molecular weight is 267 g/mol. The number of carbonyl (C=O) groups excluding carboxylic acids is 2. The van der Waals surface area contributed by atoms with Crippen LogP contribution in [0.3, 0.4) is 0 Å². The maximum absolute atomic E-state index is 11.5. The Labute approximate surface area is 111 Å². The zero-order chi connectivity index (χ0) is 14.1. The molecule has 1 aromatic rings. The van der Waals surface area contributed by atoms with Crippen LogP contribution >= 0.6 is 0 Å². The molecule has 0 saturated heterocycles. The van der Waals surface area contributed by atoms with Gasteiger partial charge in [-0.05, 0) is 17.7 Å². The van der Waals surface area contributed by atoms with Gasteiger partial charge in [0.05, 0.1) is 6.54 Å². The number of amides is 2. The van der Waals surface area contributed by atoms with Gasteiger partial charge < -0.3 is 20.1 Å². The maximum atomic E-state index is 11.5. The lowest BCUT2D eigenvalue weighted by Gasteiger charge is -2.13. The number of hydrogen-bond acceptors (Lipinski definition) is 5. The molecule has 0 fully saturated rings. The molecule has 0 aliphatic heterocycles. The molecule has 1 aromatic heterocycles. The summed E-state index contributed by atoms with van der Waals surface area (Å²) in [7, 11) is 2.90. The number of carbonyl (C=O) groups is 2. The molecule has 19 heavy (non-hydrogen) atoms. The van der Waals surface area contributed by atoms with Gasteiger partial charge in [0.15, 0.2) is 6.29 Å². The van der Waals surface area contributed by atoms with E-state index in [1.807, 2.05) is 0 Å². The fraction of sp³-hybridized carbons (Fsp3) is 0.417. The number of methoxy groups -OCH3 is 2. The van der Waals surface area contributed by atoms with Gasteiger partial charge in [-0.25, -0.2) is 0 Å². The lowest BCUT2D eigenvalue weighted by molar-refractivity contribution is -0.141. The molecule has 2 amide bonds. The summed E-state index contributed by atoms with van der Waals surface area (Å²) in [5, 5.41) is 4.91. The van der Waals surface area contributed by atoms with E-state index in [1.54, 1.807) is 24.5 Å². The lowest BCUT2D eigenvalue weighted by atomic mass is 10.3. The van der Waals surface area contributed by atoms with Crippen LogP contribution in [-0.4, -0.2) is 43.9 Å². The molecule has 0 aliphatic carbocycles. The van der Waals surface area contributed by atoms with Crippen molar-refractivity contribution in [3.05, 3.63) is 30.1 Å². The lowest BCUT2D eigenvalue weighted by Crippen LogP contribution is -2.43. The van der Waals surface area contributed by atoms with E-state index >= 15 is 0 Å². The molecule has 0 atom stereocenters. The summed E-state index contributed by atoms with van der Waals surface area (Å²) >= 11 is 0. The van der Waals surface area contributed by atoms with Gasteiger partial charge in [0.1, 0.15) is 0 Å². The molecule has 0 aliphatic rings. The van der Waals surface area contributed by atoms with E-state index in [9.17, 15) is 9.59 Å². The van der Waals surface area contributed by atoms with Crippen LogP contribution in [0.25, 0.3) is 0 Å². The van der Waals surface area contributed by atoms with E-state index in [0.29, 0.717) is 0 Å². The van der Waals surface area contributed by atoms with E-state index in [-0.39, 0.29) is 13.1 Å². The largest absolute Gasteiger partial charge is 0.354 e. The molecule has 0 radical (unpaired) electrons. The number of hydrogen-bond donors (Lipinski definition) is 2. The second-order valence-electron chi connectivity index (χ2n) is 3.65. The van der Waals surface area contributed by atoms with E-state index in [0.717, 1.165) is 5.56 Å². The zero-order valence-corrected chi connectivity index (χ0v) is 10.9. The van der Waals surface area contributed by atoms with Crippen molar-refractivity contribution in [3.8, 4) is 0 Å². The monoisotopic (exact) mass is 267 g/mol. The molecule has 104 valence electrons. The molecule has 1 heterocycles. The van der Waals surface area contributed by atoms with Gasteiger partial charge in [0.2, 0.25) is 0 Å². The standard InChI is InChI=1S/C12H17N3O4/c1-18-10(19-2)8-15-12(17)11(16)14-7-9-3-5-13-6-4-9/h3-6,10H,7-8H2,1-2H3,(H,14,16)(H,15,17). The van der Waals surface area contributed by atoms with Crippen molar-refractivity contribution in [2.75, 3.05) is 20.8 Å². The number of pyridine rings is 1. The quantitative estimate of drug-likeness (QED) is 0.532. The maximum Gasteiger partial charge on any atom is 0.309 e. The first kappa shape index (κ1) is 15.1. The third-order valence-electron chi connectivity index (χ3n) is 2.36. The Morgan fingerprint density at radius 2 is 1.74 bits per heavy atom. The predicted molar refractivity (Wildman–Crippen MR) is 66.9 cm³/mol. The van der Waals surface area contributed by atoms with Crippen LogP contribution in [0.2, 0.25) is 0 Å². The summed E-state index contributed by atoms with van der Waals surface area (Å²) < 4.78 is 9.77. The highest BCUT2D eigenvalue weighted by molar-refractivity contribution is 6.35. The summed E-state index contributed by atoms with van der Waals surface area (Å²) in [6.07, 6.45) is 2.66. The third-order valence-corrected chi connectivity index (χ3v) is 2.36. The SMILES string of the molecule is COC(CNC(=O)C(=O)NCc1ccncc1)OC. The van der Waals surface area contributed by atoms with Gasteiger partial charge in [-0.15, -0.1) is 0 Å². The molecule has 0 saturated carbocycles. The van der Waals surface area contributed by atoms with Crippen LogP contribution in [0, 0.1) is 0 Å². The van der Waals surface area contributed by atoms with Crippen molar-refractivity contribution in [3.63, 3.8) is 0 Å². The van der Waals surface area contributed by atoms with Gasteiger partial charge in [-0.2, -0.15) is 0 Å². The van der Waals surface area contributed by atoms with Crippen LogP contribution in [0.15, 0.2) is 24.5 Å². The summed E-state index contributed by atoms with van der Waals surface area (Å²) in [5.41, 5.74) is 0.864. The number of nitrogens with one attached hydrogen (secondary N) is 2. The summed E-state index contributed by atoms with van der Waals surface area (Å²) in [6, 6.07) is 3.51. The van der Waals surface area contributed by atoms with Crippen molar-refractivity contribution >= 4 is 11.8 Å². The number of rotatable bonds is 6. The van der Waals surface area contributed by atoms with E-state index in [1.165, 1.54) is 14.2 Å². The van der Waals surface area contributed by atoms with E-state index in [4.69, 9.17) is 9.47 Å². The van der Waals surface area contributed by atoms with Crippen molar-refractivity contribution in [1.82, 2.24) is 15.6 Å². The Bertz CT molecular complexity index is 407. The fourth-order valence-electron chi connectivity index (χ4n) is 1.28. The second-order valence-corrected chi connectivity index (χ2v) is 3.65. The molecule has 7 heteroatoms. The number of aromatic nitrogens is 1. The minimum Gasteiger partial charge on any atom is -0.354 e. The smallest absolute Gasteiger partial charge is 0.309 e. The minimum absolute atomic E-state index is 0.106. The molecular weight excluding hydrogens is 250 g/mol. The number of nitrogens with zero attached hydrogens (tertiary/aromatic N) is 1. The Morgan fingerprint density at radius 3 is 2.32 bits per heavy atom. The Kier molecular flexibility index (Phi) is 6.48. The fourth-order valence-corrected chi connectivity index (χ4v) is 1.28. The number of ether oxygens (including phenoxy) is 2. The first-order valence-electron chi connectivity index (χ1n) is 5.68. The molecule has 2 N–H and O–H groups in total. The molecule has 0 bridgehead atoms. The van der Waals surface area contributed by atoms with Gasteiger partial charge in [-0.1, -0.05) is 0 Å². The second kappa shape index (κ2) is 8.17. The zero-order valence-electron chi connectivity index (χ0n) is 10.9. The molecule has 0 aromatic carbocycles. The first-order chi connectivity index (χ1) is 9.17. The van der Waals surface area contributed by atoms with Crippen LogP contribution < -0.4 is 10.6 Å². The molecule has 1 rings (SSSR count). The van der Waals surface area contributed by atoms with Gasteiger partial charge in [0, 0.05) is 33.2 Å². The van der Waals surface area contributed by atoms with Gasteiger partial charge in [0.25, 0.3) is 0 Å². The van der Waals surface area contributed by atoms with Gasteiger partial charge in [-0.3, -0.25) is 14.6 Å². The molecule has 7 nitrogen and oxygen atoms in total. The van der Waals surface area contributed by atoms with Crippen LogP contribution in [-0.2, 0) is 25.6 Å². The molecule has 0 unspecified atom stereocenters. The summed E-state index contributed by atoms with van der Waals surface area (Å²) in [4.78, 5) is 26.8. The average Bonchev–Trinajstić information content (AvgIpc) is 2.46. The van der Waals surface area contributed by atoms with Crippen molar-refractivity contribution in [2.24, 2.45) is 0 Å². The van der Waals surface area contributed by atoms with Gasteiger partial charge >= 0.3 is 11.8 Å². The Hall–Kier alpha value is -1.99. The normalized spacial score (nSPS) is 10.3. The molecule has 0 spiro atoms. The van der Waals surface area contributed by atoms with Crippen LogP contribution in [0.4, 0.5) is 0 Å². The first-order valence-corrected chi connectivity index (χ1v) is 5.68. The highest BCUT2D eigenvalue weighted by atomic mass is 16.7. The highest BCUT2D eigenvalue weighted by Crippen LogP contribution is 1.94. The minimum atomic E-state index is -0.729. The summed E-state index contributed by atoms with van der Waals surface area (Å²) in [5.74, 6) is -1.43. The molecular formula is C12H17N3O4. The summed E-state index contributed by atoms with van der Waals surface area (Å²) in [6.45, 7) is 0.376.